The van der Waals surface area contributed by atoms with Crippen molar-refractivity contribution in [3.63, 3.8) is 0 Å². The molecule has 0 saturated carbocycles. The average molecular weight is 560 g/mol. The number of hydrogen-bond acceptors (Lipinski definition) is 7. The number of carbonyl (C=O) groups excluding carboxylic acids is 1. The topological polar surface area (TPSA) is 99.3 Å². The Morgan fingerprint density at radius 2 is 1.82 bits per heavy atom. The lowest BCUT2D eigenvalue weighted by molar-refractivity contribution is 0.0115. The van der Waals surface area contributed by atoms with Gasteiger partial charge in [0.2, 0.25) is 0 Å². The molecule has 0 radical (unpaired) electrons. The van der Waals surface area contributed by atoms with Crippen molar-refractivity contribution in [1.82, 2.24) is 30.2 Å². The predicted octanol–water partition coefficient (Wildman–Crippen LogP) is 4.34. The van der Waals surface area contributed by atoms with Crippen LogP contribution in [0.2, 0.25) is 5.02 Å². The number of morpholine rings is 1. The first-order valence-corrected chi connectivity index (χ1v) is 14.4. The molecule has 0 unspecified atom stereocenters. The van der Waals surface area contributed by atoms with Crippen LogP contribution < -0.4 is 10.2 Å². The van der Waals surface area contributed by atoms with Gasteiger partial charge in [-0.25, -0.2) is 15.0 Å². The minimum absolute atomic E-state index is 0.120. The van der Waals surface area contributed by atoms with E-state index in [1.165, 1.54) is 0 Å². The Bertz CT molecular complexity index is 1430. The van der Waals surface area contributed by atoms with E-state index in [0.29, 0.717) is 28.7 Å². The summed E-state index contributed by atoms with van der Waals surface area (Å²) in [6.07, 6.45) is 7.30. The number of amides is 1. The lowest BCUT2D eigenvalue weighted by Gasteiger charge is -2.40. The second-order valence-corrected chi connectivity index (χ2v) is 10.8. The summed E-state index contributed by atoms with van der Waals surface area (Å²) in [5.74, 6) is 1.68. The number of hydrogen-bond donors (Lipinski definition) is 2. The third kappa shape index (κ3) is 6.11. The standard InChI is InChI=1S/C30H34ClN7O2/c31-23-6-3-21(4-7-23)28-29(38-14-9-24(10-15-38)37-16-18-40-19-17-37)36-25-8-5-22(20-26(25)35-28)30(39)34-11-1-2-27-32-12-13-33-27/h3-8,12-13,20,24H,1-2,9-11,14-19H2,(H,32,33)(H,34,39). The van der Waals surface area contributed by atoms with Crippen LogP contribution in [-0.2, 0) is 11.2 Å². The normalized spacial score (nSPS) is 16.9. The maximum atomic E-state index is 12.9. The number of nitrogens with one attached hydrogen (secondary N) is 2. The first-order valence-electron chi connectivity index (χ1n) is 14.0. The van der Waals surface area contributed by atoms with Crippen LogP contribution in [0.25, 0.3) is 22.3 Å². The first kappa shape index (κ1) is 26.7. The van der Waals surface area contributed by atoms with E-state index in [0.717, 1.165) is 93.5 Å². The van der Waals surface area contributed by atoms with Crippen molar-refractivity contribution in [2.75, 3.05) is 50.8 Å². The minimum Gasteiger partial charge on any atom is -0.379 e. The predicted molar refractivity (Wildman–Crippen MR) is 157 cm³/mol. The van der Waals surface area contributed by atoms with Crippen LogP contribution in [0, 0.1) is 0 Å². The van der Waals surface area contributed by atoms with E-state index in [1.807, 2.05) is 42.5 Å². The number of anilines is 1. The average Bonchev–Trinajstić information content (AvgIpc) is 3.53. The van der Waals surface area contributed by atoms with Crippen LogP contribution >= 0.6 is 11.6 Å². The van der Waals surface area contributed by atoms with Gasteiger partial charge < -0.3 is 19.9 Å². The first-order chi connectivity index (χ1) is 19.6. The van der Waals surface area contributed by atoms with E-state index in [4.69, 9.17) is 26.3 Å². The van der Waals surface area contributed by atoms with Crippen molar-refractivity contribution in [1.29, 1.82) is 0 Å². The molecule has 2 aliphatic heterocycles. The molecule has 6 rings (SSSR count). The smallest absolute Gasteiger partial charge is 0.251 e. The molecule has 0 bridgehead atoms. The van der Waals surface area contributed by atoms with Crippen molar-refractivity contribution in [2.45, 2.75) is 31.7 Å². The third-order valence-electron chi connectivity index (χ3n) is 7.78. The summed E-state index contributed by atoms with van der Waals surface area (Å²) in [5, 5.41) is 3.69. The van der Waals surface area contributed by atoms with Gasteiger partial charge in [-0.15, -0.1) is 0 Å². The van der Waals surface area contributed by atoms with Crippen LogP contribution in [0.4, 0.5) is 5.82 Å². The molecule has 208 valence electrons. The number of nitrogens with zero attached hydrogens (tertiary/aromatic N) is 5. The number of halogens is 1. The summed E-state index contributed by atoms with van der Waals surface area (Å²) >= 11 is 6.20. The van der Waals surface area contributed by atoms with Gasteiger partial charge in [0, 0.05) is 73.7 Å². The van der Waals surface area contributed by atoms with Gasteiger partial charge in [0.05, 0.1) is 24.2 Å². The summed E-state index contributed by atoms with van der Waals surface area (Å²) in [6.45, 7) is 6.07. The number of aromatic nitrogens is 4. The largest absolute Gasteiger partial charge is 0.379 e. The SMILES string of the molecule is O=C(NCCCc1ncc[nH]1)c1ccc2nc(N3CCC(N4CCOCC4)CC3)c(-c3ccc(Cl)cc3)nc2c1. The van der Waals surface area contributed by atoms with Gasteiger partial charge in [-0.2, -0.15) is 0 Å². The summed E-state index contributed by atoms with van der Waals surface area (Å²) in [4.78, 5) is 35.3. The maximum Gasteiger partial charge on any atom is 0.251 e. The summed E-state index contributed by atoms with van der Waals surface area (Å²) in [6, 6.07) is 13.9. The van der Waals surface area contributed by atoms with Crippen LogP contribution in [0.15, 0.2) is 54.9 Å². The zero-order chi connectivity index (χ0) is 27.3. The van der Waals surface area contributed by atoms with Crippen LogP contribution in [-0.4, -0.2) is 82.7 Å². The zero-order valence-electron chi connectivity index (χ0n) is 22.5. The molecule has 2 aromatic heterocycles. The molecule has 0 aliphatic carbocycles. The quantitative estimate of drug-likeness (QED) is 0.310. The lowest BCUT2D eigenvalue weighted by atomic mass is 10.0. The monoisotopic (exact) mass is 559 g/mol. The second-order valence-electron chi connectivity index (χ2n) is 10.4. The van der Waals surface area contributed by atoms with Crippen molar-refractivity contribution in [3.8, 4) is 11.3 Å². The number of piperidine rings is 1. The molecule has 9 nitrogen and oxygen atoms in total. The van der Waals surface area contributed by atoms with Crippen molar-refractivity contribution >= 4 is 34.4 Å². The van der Waals surface area contributed by atoms with Crippen molar-refractivity contribution in [3.05, 3.63) is 71.3 Å². The molecule has 2 fully saturated rings. The highest BCUT2D eigenvalue weighted by Gasteiger charge is 2.28. The Kier molecular flexibility index (Phi) is 8.22. The Morgan fingerprint density at radius 3 is 2.58 bits per heavy atom. The number of aromatic amines is 1. The van der Waals surface area contributed by atoms with E-state index >= 15 is 0 Å². The molecule has 40 heavy (non-hydrogen) atoms. The van der Waals surface area contributed by atoms with E-state index in [1.54, 1.807) is 12.4 Å². The highest BCUT2D eigenvalue weighted by molar-refractivity contribution is 6.30. The van der Waals surface area contributed by atoms with Crippen LogP contribution in [0.3, 0.4) is 0 Å². The number of H-pyrrole nitrogens is 1. The van der Waals surface area contributed by atoms with Crippen molar-refractivity contribution < 1.29 is 9.53 Å². The fraction of sp³-hybridized carbons (Fsp3) is 0.400. The van der Waals surface area contributed by atoms with E-state index in [9.17, 15) is 4.79 Å². The molecule has 10 heteroatoms. The molecule has 4 aromatic rings. The fourth-order valence-electron chi connectivity index (χ4n) is 5.59. The molecular formula is C30H34ClN7O2. The van der Waals surface area contributed by atoms with Gasteiger partial charge in [-0.05, 0) is 49.6 Å². The highest BCUT2D eigenvalue weighted by Crippen LogP contribution is 2.33. The summed E-state index contributed by atoms with van der Waals surface area (Å²) < 4.78 is 5.55. The number of aryl methyl sites for hydroxylation is 1. The number of imidazole rings is 1. The highest BCUT2D eigenvalue weighted by atomic mass is 35.5. The zero-order valence-corrected chi connectivity index (χ0v) is 23.2. The van der Waals surface area contributed by atoms with E-state index in [-0.39, 0.29) is 5.91 Å². The van der Waals surface area contributed by atoms with Gasteiger partial charge in [-0.3, -0.25) is 9.69 Å². The van der Waals surface area contributed by atoms with Crippen molar-refractivity contribution in [2.24, 2.45) is 0 Å². The Labute approximate surface area is 238 Å². The Balaban J connectivity index is 1.22. The Morgan fingerprint density at radius 1 is 1.02 bits per heavy atom. The molecule has 2 aliphatic rings. The van der Waals surface area contributed by atoms with Gasteiger partial charge in [0.25, 0.3) is 5.91 Å². The summed E-state index contributed by atoms with van der Waals surface area (Å²) in [5.41, 5.74) is 3.81. The molecule has 2 N–H and O–H groups in total. The number of ether oxygens (including phenoxy) is 1. The Hall–Kier alpha value is -3.53. The molecule has 1 amide bonds. The minimum atomic E-state index is -0.120. The van der Waals surface area contributed by atoms with E-state index in [2.05, 4.69) is 25.1 Å². The molecule has 0 spiro atoms. The number of benzene rings is 2. The molecule has 4 heterocycles. The maximum absolute atomic E-state index is 12.9. The van der Waals surface area contributed by atoms with E-state index < -0.39 is 0 Å². The second kappa shape index (κ2) is 12.3. The van der Waals surface area contributed by atoms with Crippen LogP contribution in [0.5, 0.6) is 0 Å². The van der Waals surface area contributed by atoms with Gasteiger partial charge >= 0.3 is 0 Å². The number of carbonyl (C=O) groups is 1. The third-order valence-corrected chi connectivity index (χ3v) is 8.03. The lowest BCUT2D eigenvalue weighted by Crippen LogP contribution is -2.49. The van der Waals surface area contributed by atoms with Gasteiger partial charge in [0.1, 0.15) is 11.5 Å². The molecule has 0 atom stereocenters. The fourth-order valence-corrected chi connectivity index (χ4v) is 5.71. The number of fused-ring (bicyclic) bond motifs is 1. The summed E-state index contributed by atoms with van der Waals surface area (Å²) in [7, 11) is 0. The molecular weight excluding hydrogens is 526 g/mol. The number of rotatable bonds is 8. The van der Waals surface area contributed by atoms with Gasteiger partial charge in [0.15, 0.2) is 5.82 Å². The van der Waals surface area contributed by atoms with Gasteiger partial charge in [-0.1, -0.05) is 23.7 Å². The van der Waals surface area contributed by atoms with Crippen LogP contribution in [0.1, 0.15) is 35.4 Å². The molecule has 2 aromatic carbocycles. The molecule has 2 saturated heterocycles.